The lowest BCUT2D eigenvalue weighted by molar-refractivity contribution is -0.385. The van der Waals surface area contributed by atoms with Gasteiger partial charge in [0.1, 0.15) is 0 Å². The highest BCUT2D eigenvalue weighted by Crippen LogP contribution is 2.60. The van der Waals surface area contributed by atoms with Crippen molar-refractivity contribution in [2.75, 3.05) is 18.1 Å². The first-order valence-electron chi connectivity index (χ1n) is 17.5. The van der Waals surface area contributed by atoms with Crippen molar-refractivity contribution in [2.24, 2.45) is 5.92 Å². The molecular weight excluding hydrogens is 698 g/mol. The van der Waals surface area contributed by atoms with Crippen LogP contribution in [0.1, 0.15) is 30.0 Å². The number of non-ortho nitro benzene ring substituents is 1. The van der Waals surface area contributed by atoms with Gasteiger partial charge in [0.2, 0.25) is 14.3 Å². The van der Waals surface area contributed by atoms with Crippen LogP contribution in [0.4, 0.5) is 15.5 Å². The molecule has 0 bridgehead atoms. The fourth-order valence-corrected chi connectivity index (χ4v) is 10.7. The van der Waals surface area contributed by atoms with E-state index >= 15 is 4.11 Å². The van der Waals surface area contributed by atoms with Crippen molar-refractivity contribution in [3.63, 3.8) is 0 Å². The van der Waals surface area contributed by atoms with Crippen LogP contribution in [0.15, 0.2) is 102 Å². The zero-order chi connectivity index (χ0) is 37.7. The van der Waals surface area contributed by atoms with Crippen LogP contribution in [0.2, 0.25) is 18.6 Å². The van der Waals surface area contributed by atoms with E-state index in [1.54, 1.807) is 43.3 Å². The van der Waals surface area contributed by atoms with Gasteiger partial charge in [-0.05, 0) is 54.6 Å². The maximum Gasteiger partial charge on any atom is 0.279 e. The molecule has 53 heavy (non-hydrogen) atoms. The van der Waals surface area contributed by atoms with Crippen LogP contribution in [0.5, 0.6) is 0 Å². The number of carbonyl (C=O) groups is 2. The lowest BCUT2D eigenvalue weighted by Crippen LogP contribution is -2.45. The van der Waals surface area contributed by atoms with Gasteiger partial charge in [0.05, 0.1) is 52.9 Å². The molecule has 0 unspecified atom stereocenters. The third-order valence-corrected chi connectivity index (χ3v) is 13.0. The van der Waals surface area contributed by atoms with Crippen LogP contribution < -0.4 is 10.5 Å². The molecule has 1 fully saturated rings. The van der Waals surface area contributed by atoms with Gasteiger partial charge in [-0.25, -0.2) is 4.68 Å². The molecule has 2 aliphatic rings. The van der Waals surface area contributed by atoms with E-state index in [1.165, 1.54) is 45.8 Å². The normalized spacial score (nSPS) is 21.0. The van der Waals surface area contributed by atoms with E-state index in [9.17, 15) is 29.6 Å². The highest BCUT2D eigenvalue weighted by atomic mass is 28.4. The number of para-hydroxylation sites is 1. The lowest BCUT2D eigenvalue weighted by Gasteiger charge is -2.31. The Hall–Kier alpha value is -5.44. The fourth-order valence-electron chi connectivity index (χ4n) is 8.24. The standard InChI is InChI=1S/C39H40FN5O7Si/c1-25-36(53(2,3)40)34(22-35(47)42(18-19-46)23-26-10-5-4-6-11-26)52-39(25)31-21-29(45(50)51)16-17-33(31)43(38(39)49)24-27-12-9-13-28(20-27)44-37(48)30-14-7-8-15-32(30)41-44/h4-17,20-21,25,34,36,41,46H,18-19,22-24H2,1-3H3/t25-,34+,36-,39+/m1/s1. The van der Waals surface area contributed by atoms with Crippen LogP contribution in [-0.2, 0) is 33.0 Å². The molecule has 1 spiro atoms. The number of nitrogens with one attached hydrogen (secondary N) is 1. The number of carbonyl (C=O) groups excluding carboxylic acids is 2. The number of anilines is 1. The molecule has 0 radical (unpaired) electrons. The number of H-pyrrole nitrogens is 1. The molecule has 2 aliphatic heterocycles. The second kappa shape index (κ2) is 13.8. The van der Waals surface area contributed by atoms with E-state index in [2.05, 4.69) is 5.10 Å². The number of aromatic nitrogens is 2. The summed E-state index contributed by atoms with van der Waals surface area (Å²) in [6.45, 7) is 4.78. The van der Waals surface area contributed by atoms with Gasteiger partial charge in [-0.1, -0.05) is 61.5 Å². The Bertz CT molecular complexity index is 2270. The SMILES string of the molecule is C[C@@H]1[C@@H]([Si](C)(C)F)[C@H](CC(=O)N(CCO)Cc2ccccc2)O[C@@]12C(=O)N(Cc1cccc(-n3[nH]c4ccccc4c3=O)c1)c1ccc([N+](=O)[O-])cc12. The fraction of sp³-hybridized carbons (Fsp3) is 0.308. The van der Waals surface area contributed by atoms with E-state index in [0.29, 0.717) is 27.8 Å². The molecule has 1 aromatic heterocycles. The first kappa shape index (κ1) is 35.9. The van der Waals surface area contributed by atoms with Gasteiger partial charge in [-0.3, -0.25) is 29.6 Å². The summed E-state index contributed by atoms with van der Waals surface area (Å²) >= 11 is 0. The maximum atomic E-state index is 16.5. The molecule has 14 heteroatoms. The number of amides is 2. The van der Waals surface area contributed by atoms with Crippen LogP contribution >= 0.6 is 0 Å². The van der Waals surface area contributed by atoms with Crippen LogP contribution in [0, 0.1) is 16.0 Å². The number of aliphatic hydroxyl groups excluding tert-OH is 1. The van der Waals surface area contributed by atoms with Crippen molar-refractivity contribution in [3.05, 3.63) is 134 Å². The number of fused-ring (bicyclic) bond motifs is 3. The minimum atomic E-state index is -3.67. The number of hydrogen-bond acceptors (Lipinski definition) is 7. The predicted molar refractivity (Wildman–Crippen MR) is 200 cm³/mol. The molecule has 7 rings (SSSR count). The number of hydrogen-bond donors (Lipinski definition) is 2. The lowest BCUT2D eigenvalue weighted by atomic mass is 9.82. The Morgan fingerprint density at radius 2 is 1.74 bits per heavy atom. The Morgan fingerprint density at radius 1 is 1.02 bits per heavy atom. The topological polar surface area (TPSA) is 151 Å². The smallest absolute Gasteiger partial charge is 0.279 e. The Morgan fingerprint density at radius 3 is 2.43 bits per heavy atom. The average Bonchev–Trinajstić information content (AvgIpc) is 3.71. The summed E-state index contributed by atoms with van der Waals surface area (Å²) in [5.41, 5.74) is 0.256. The second-order valence-electron chi connectivity index (χ2n) is 14.3. The number of ether oxygens (including phenoxy) is 1. The zero-order valence-electron chi connectivity index (χ0n) is 29.6. The van der Waals surface area contributed by atoms with Crippen LogP contribution in [0.25, 0.3) is 16.6 Å². The molecule has 4 atom stereocenters. The average molecular weight is 738 g/mol. The van der Waals surface area contributed by atoms with Crippen molar-refractivity contribution in [1.82, 2.24) is 14.7 Å². The monoisotopic (exact) mass is 737 g/mol. The number of nitrogens with zero attached hydrogens (tertiary/aromatic N) is 4. The Balaban J connectivity index is 1.25. The third kappa shape index (κ3) is 6.36. The molecule has 0 saturated carbocycles. The van der Waals surface area contributed by atoms with E-state index in [1.807, 2.05) is 42.5 Å². The van der Waals surface area contributed by atoms with E-state index < -0.39 is 42.4 Å². The zero-order valence-corrected chi connectivity index (χ0v) is 30.6. The maximum absolute atomic E-state index is 16.5. The van der Waals surface area contributed by atoms with Crippen LogP contribution in [-0.4, -0.2) is 64.2 Å². The van der Waals surface area contributed by atoms with Crippen molar-refractivity contribution in [1.29, 1.82) is 0 Å². The molecule has 1 saturated heterocycles. The molecular formula is C39H40FN5O7Si. The summed E-state index contributed by atoms with van der Waals surface area (Å²) in [5.74, 6) is -1.67. The molecule has 3 heterocycles. The molecule has 4 aromatic carbocycles. The van der Waals surface area contributed by atoms with Crippen molar-refractivity contribution in [3.8, 4) is 5.69 Å². The minimum Gasteiger partial charge on any atom is -0.395 e. The molecule has 12 nitrogen and oxygen atoms in total. The number of aliphatic hydroxyl groups is 1. The number of benzene rings is 4. The number of nitro groups is 1. The van der Waals surface area contributed by atoms with Crippen molar-refractivity contribution < 1.29 is 28.5 Å². The van der Waals surface area contributed by atoms with Gasteiger partial charge >= 0.3 is 0 Å². The number of halogens is 1. The van der Waals surface area contributed by atoms with E-state index in [0.717, 1.165) is 5.56 Å². The van der Waals surface area contributed by atoms with Crippen molar-refractivity contribution >= 4 is 42.5 Å². The summed E-state index contributed by atoms with van der Waals surface area (Å²) in [7, 11) is -3.67. The number of nitro benzene ring substituents is 1. The molecule has 2 N–H and O–H groups in total. The Labute approximate surface area is 305 Å². The molecule has 5 aromatic rings. The quantitative estimate of drug-likeness (QED) is 0.0735. The minimum absolute atomic E-state index is 0.0242. The van der Waals surface area contributed by atoms with E-state index in [-0.39, 0.29) is 55.4 Å². The first-order valence-corrected chi connectivity index (χ1v) is 20.5. The second-order valence-corrected chi connectivity index (χ2v) is 18.1. The van der Waals surface area contributed by atoms with E-state index in [4.69, 9.17) is 4.74 Å². The highest BCUT2D eigenvalue weighted by Gasteiger charge is 2.67. The van der Waals surface area contributed by atoms with Crippen LogP contribution in [0.3, 0.4) is 0 Å². The molecule has 2 amide bonds. The first-order chi connectivity index (χ1) is 25.3. The summed E-state index contributed by atoms with van der Waals surface area (Å²) in [6, 6.07) is 27.7. The summed E-state index contributed by atoms with van der Waals surface area (Å²) in [5, 5.41) is 25.5. The van der Waals surface area contributed by atoms with Gasteiger partial charge in [0, 0.05) is 42.2 Å². The third-order valence-electron chi connectivity index (χ3n) is 10.6. The highest BCUT2D eigenvalue weighted by molar-refractivity contribution is 6.72. The Kier molecular flexibility index (Phi) is 9.38. The number of aromatic amines is 1. The largest absolute Gasteiger partial charge is 0.395 e. The summed E-state index contributed by atoms with van der Waals surface area (Å²) in [6.07, 6.45) is -1.27. The summed E-state index contributed by atoms with van der Waals surface area (Å²) in [4.78, 5) is 56.5. The number of rotatable bonds is 11. The predicted octanol–water partition coefficient (Wildman–Crippen LogP) is 5.96. The van der Waals surface area contributed by atoms with Gasteiger partial charge in [0.15, 0.2) is 5.60 Å². The van der Waals surface area contributed by atoms with Gasteiger partial charge in [-0.2, -0.15) is 0 Å². The van der Waals surface area contributed by atoms with Gasteiger partial charge in [-0.15, -0.1) is 0 Å². The summed E-state index contributed by atoms with van der Waals surface area (Å²) < 4.78 is 24.6. The van der Waals surface area contributed by atoms with Crippen molar-refractivity contribution in [2.45, 2.75) is 56.8 Å². The molecule has 274 valence electrons. The van der Waals surface area contributed by atoms with Gasteiger partial charge < -0.3 is 23.8 Å². The van der Waals surface area contributed by atoms with Gasteiger partial charge in [0.25, 0.3) is 17.2 Å². The molecule has 0 aliphatic carbocycles.